The summed E-state index contributed by atoms with van der Waals surface area (Å²) in [5.41, 5.74) is 0.136. The third-order valence-corrected chi connectivity index (χ3v) is 3.45. The molecule has 0 radical (unpaired) electrons. The summed E-state index contributed by atoms with van der Waals surface area (Å²) in [5, 5.41) is 11.5. The van der Waals surface area contributed by atoms with Crippen LogP contribution in [-0.2, 0) is 11.3 Å². The van der Waals surface area contributed by atoms with Crippen molar-refractivity contribution in [3.05, 3.63) is 57.5 Å². The summed E-state index contributed by atoms with van der Waals surface area (Å²) in [5.74, 6) is -0.0230. The van der Waals surface area contributed by atoms with Crippen molar-refractivity contribution in [3.63, 3.8) is 0 Å². The molecule has 3 aromatic heterocycles. The number of carbonyl (C=O) groups excluding carboxylic acids is 1. The second kappa shape index (κ2) is 5.71. The lowest BCUT2D eigenvalue weighted by Gasteiger charge is -2.00. The van der Waals surface area contributed by atoms with E-state index in [9.17, 15) is 9.59 Å². The molecule has 21 heavy (non-hydrogen) atoms. The Morgan fingerprint density at radius 3 is 3.00 bits per heavy atom. The van der Waals surface area contributed by atoms with Gasteiger partial charge in [0.05, 0.1) is 4.88 Å². The molecule has 0 atom stereocenters. The molecule has 0 aromatic carbocycles. The molecule has 3 aromatic rings. The first-order chi connectivity index (χ1) is 10.2. The van der Waals surface area contributed by atoms with Crippen LogP contribution in [0.15, 0.2) is 45.0 Å². The van der Waals surface area contributed by atoms with Gasteiger partial charge >= 0.3 is 5.97 Å². The topological polar surface area (TPSA) is 98.1 Å². The maximum atomic E-state index is 11.7. The SMILES string of the molecule is O=C(OCc1cc(-c2cccs2)on1)c1ccc(=O)[nH]n1. The molecule has 3 heterocycles. The fourth-order valence-corrected chi connectivity index (χ4v) is 2.26. The maximum Gasteiger partial charge on any atom is 0.359 e. The first-order valence-electron chi connectivity index (χ1n) is 5.95. The van der Waals surface area contributed by atoms with Crippen LogP contribution in [0.25, 0.3) is 10.6 Å². The van der Waals surface area contributed by atoms with Crippen molar-refractivity contribution < 1.29 is 14.1 Å². The zero-order valence-corrected chi connectivity index (χ0v) is 11.4. The van der Waals surface area contributed by atoms with Crippen LogP contribution in [0.5, 0.6) is 0 Å². The fourth-order valence-electron chi connectivity index (χ4n) is 1.59. The van der Waals surface area contributed by atoms with Crippen LogP contribution in [0.4, 0.5) is 0 Å². The number of carbonyl (C=O) groups is 1. The lowest BCUT2D eigenvalue weighted by Crippen LogP contribution is -2.13. The minimum absolute atomic E-state index is 0.0246. The van der Waals surface area contributed by atoms with Crippen LogP contribution >= 0.6 is 11.3 Å². The van der Waals surface area contributed by atoms with Crippen molar-refractivity contribution >= 4 is 17.3 Å². The van der Waals surface area contributed by atoms with Crippen molar-refractivity contribution in [1.29, 1.82) is 0 Å². The number of aromatic amines is 1. The summed E-state index contributed by atoms with van der Waals surface area (Å²) >= 11 is 1.53. The average molecular weight is 303 g/mol. The number of ether oxygens (including phenoxy) is 1. The molecule has 7 nitrogen and oxygen atoms in total. The van der Waals surface area contributed by atoms with E-state index in [-0.39, 0.29) is 17.9 Å². The van der Waals surface area contributed by atoms with Gasteiger partial charge in [0.15, 0.2) is 11.5 Å². The predicted octanol–water partition coefficient (Wildman–Crippen LogP) is 1.84. The van der Waals surface area contributed by atoms with E-state index >= 15 is 0 Å². The monoisotopic (exact) mass is 303 g/mol. The normalized spacial score (nSPS) is 10.5. The Bertz CT molecular complexity index is 786. The first-order valence-corrected chi connectivity index (χ1v) is 6.82. The molecule has 0 aliphatic heterocycles. The van der Waals surface area contributed by atoms with Crippen molar-refractivity contribution in [3.8, 4) is 10.6 Å². The Hall–Kier alpha value is -2.74. The minimum Gasteiger partial charge on any atom is -0.454 e. The van der Waals surface area contributed by atoms with Gasteiger partial charge in [0.1, 0.15) is 12.3 Å². The number of hydrogen-bond acceptors (Lipinski definition) is 7. The second-order valence-electron chi connectivity index (χ2n) is 4.04. The van der Waals surface area contributed by atoms with E-state index in [4.69, 9.17) is 9.26 Å². The number of nitrogens with zero attached hydrogens (tertiary/aromatic N) is 2. The van der Waals surface area contributed by atoms with Crippen LogP contribution < -0.4 is 5.56 Å². The van der Waals surface area contributed by atoms with Crippen molar-refractivity contribution in [1.82, 2.24) is 15.4 Å². The minimum atomic E-state index is -0.646. The van der Waals surface area contributed by atoms with Gasteiger partial charge in [-0.25, -0.2) is 9.89 Å². The Morgan fingerprint density at radius 2 is 2.29 bits per heavy atom. The third-order valence-electron chi connectivity index (χ3n) is 2.56. The van der Waals surface area contributed by atoms with Gasteiger partial charge in [0, 0.05) is 12.1 Å². The molecular formula is C13H9N3O4S. The standard InChI is InChI=1S/C13H9N3O4S/c17-12-4-3-9(14-15-12)13(18)19-7-8-6-10(20-16-8)11-2-1-5-21-11/h1-6H,7H2,(H,15,17). The van der Waals surface area contributed by atoms with Crippen LogP contribution in [0.1, 0.15) is 16.2 Å². The van der Waals surface area contributed by atoms with E-state index in [1.54, 1.807) is 6.07 Å². The number of aromatic nitrogens is 3. The highest BCUT2D eigenvalue weighted by Crippen LogP contribution is 2.25. The second-order valence-corrected chi connectivity index (χ2v) is 4.99. The quantitative estimate of drug-likeness (QED) is 0.738. The molecule has 0 amide bonds. The van der Waals surface area contributed by atoms with Gasteiger partial charge < -0.3 is 9.26 Å². The van der Waals surface area contributed by atoms with Gasteiger partial charge in [-0.15, -0.1) is 11.3 Å². The summed E-state index contributed by atoms with van der Waals surface area (Å²) in [6.45, 7) is -0.0332. The predicted molar refractivity (Wildman–Crippen MR) is 73.8 cm³/mol. The zero-order chi connectivity index (χ0) is 14.7. The molecule has 106 valence electrons. The van der Waals surface area contributed by atoms with E-state index in [2.05, 4.69) is 15.4 Å². The largest absolute Gasteiger partial charge is 0.454 e. The average Bonchev–Trinajstić information content (AvgIpc) is 3.16. The van der Waals surface area contributed by atoms with E-state index in [0.717, 1.165) is 4.88 Å². The van der Waals surface area contributed by atoms with Crippen LogP contribution in [0.3, 0.4) is 0 Å². The van der Waals surface area contributed by atoms with Crippen molar-refractivity contribution in [2.45, 2.75) is 6.61 Å². The molecule has 0 saturated carbocycles. The molecular weight excluding hydrogens is 294 g/mol. The van der Waals surface area contributed by atoms with E-state index in [1.807, 2.05) is 17.5 Å². The Morgan fingerprint density at radius 1 is 1.38 bits per heavy atom. The van der Waals surface area contributed by atoms with Gasteiger partial charge in [-0.2, -0.15) is 5.10 Å². The van der Waals surface area contributed by atoms with Crippen molar-refractivity contribution in [2.24, 2.45) is 0 Å². The molecule has 1 N–H and O–H groups in total. The number of esters is 1. The van der Waals surface area contributed by atoms with Crippen molar-refractivity contribution in [2.75, 3.05) is 0 Å². The summed E-state index contributed by atoms with van der Waals surface area (Å²) < 4.78 is 10.2. The van der Waals surface area contributed by atoms with Gasteiger partial charge in [-0.3, -0.25) is 4.79 Å². The molecule has 0 aliphatic rings. The van der Waals surface area contributed by atoms with E-state index in [0.29, 0.717) is 11.5 Å². The third kappa shape index (κ3) is 3.06. The molecule has 8 heteroatoms. The van der Waals surface area contributed by atoms with Gasteiger partial charge in [-0.05, 0) is 17.5 Å². The fraction of sp³-hybridized carbons (Fsp3) is 0.0769. The molecule has 0 saturated heterocycles. The number of thiophene rings is 1. The summed E-state index contributed by atoms with van der Waals surface area (Å²) in [6, 6.07) is 8.02. The summed E-state index contributed by atoms with van der Waals surface area (Å²) in [7, 11) is 0. The Balaban J connectivity index is 1.64. The van der Waals surface area contributed by atoms with Crippen LogP contribution in [-0.4, -0.2) is 21.3 Å². The molecule has 0 bridgehead atoms. The zero-order valence-electron chi connectivity index (χ0n) is 10.6. The van der Waals surface area contributed by atoms with Crippen LogP contribution in [0.2, 0.25) is 0 Å². The molecule has 0 unspecified atom stereocenters. The molecule has 0 spiro atoms. The lowest BCUT2D eigenvalue weighted by atomic mass is 10.3. The van der Waals surface area contributed by atoms with Crippen LogP contribution in [0, 0.1) is 0 Å². The highest BCUT2D eigenvalue weighted by molar-refractivity contribution is 7.13. The maximum absolute atomic E-state index is 11.7. The first kappa shape index (κ1) is 13.3. The number of hydrogen-bond donors (Lipinski definition) is 1. The molecule has 0 fully saturated rings. The highest BCUT2D eigenvalue weighted by atomic mass is 32.1. The van der Waals surface area contributed by atoms with E-state index in [1.165, 1.54) is 23.5 Å². The Labute approximate surface area is 122 Å². The van der Waals surface area contributed by atoms with Gasteiger partial charge in [0.2, 0.25) is 0 Å². The smallest absolute Gasteiger partial charge is 0.359 e. The Kier molecular flexibility index (Phi) is 3.61. The number of H-pyrrole nitrogens is 1. The summed E-state index contributed by atoms with van der Waals surface area (Å²) in [4.78, 5) is 23.5. The molecule has 0 aliphatic carbocycles. The molecule has 3 rings (SSSR count). The van der Waals surface area contributed by atoms with Gasteiger partial charge in [0.25, 0.3) is 5.56 Å². The number of rotatable bonds is 4. The summed E-state index contributed by atoms with van der Waals surface area (Å²) in [6.07, 6.45) is 0. The van der Waals surface area contributed by atoms with E-state index < -0.39 is 5.97 Å². The highest BCUT2D eigenvalue weighted by Gasteiger charge is 2.12. The van der Waals surface area contributed by atoms with Gasteiger partial charge in [-0.1, -0.05) is 11.2 Å². The lowest BCUT2D eigenvalue weighted by molar-refractivity contribution is 0.0456. The number of nitrogens with one attached hydrogen (secondary N) is 1.